The predicted octanol–water partition coefficient (Wildman–Crippen LogP) is 1.93. The van der Waals surface area contributed by atoms with Crippen molar-refractivity contribution in [2.45, 2.75) is 33.7 Å². The summed E-state index contributed by atoms with van der Waals surface area (Å²) in [7, 11) is 0. The Balaban J connectivity index is 1.95. The highest BCUT2D eigenvalue weighted by molar-refractivity contribution is 6.01. The number of nitrogens with zero attached hydrogens (tertiary/aromatic N) is 1. The minimum atomic E-state index is -0.417. The number of hydrogen-bond donors (Lipinski definition) is 3. The standard InChI is InChI=1S/C18H26N4O3/c1-12-7-5-6-8-13(12)15(18(2,3)4)21-16(24)19-9-10-22-14(23)11-20-17(22)25/h5-8,15H,9-11H2,1-4H3,(H,20,25)(H2,19,21,24)/t15-/m0/s1. The van der Waals surface area contributed by atoms with E-state index in [0.717, 1.165) is 16.0 Å². The number of rotatable bonds is 5. The molecular weight excluding hydrogens is 320 g/mol. The monoisotopic (exact) mass is 346 g/mol. The van der Waals surface area contributed by atoms with Gasteiger partial charge in [0.05, 0.1) is 12.6 Å². The van der Waals surface area contributed by atoms with Crippen LogP contribution in [0.3, 0.4) is 0 Å². The van der Waals surface area contributed by atoms with Crippen LogP contribution in [0, 0.1) is 12.3 Å². The van der Waals surface area contributed by atoms with Crippen LogP contribution >= 0.6 is 0 Å². The average Bonchev–Trinajstić information content (AvgIpc) is 2.84. The van der Waals surface area contributed by atoms with Crippen molar-refractivity contribution in [3.05, 3.63) is 35.4 Å². The van der Waals surface area contributed by atoms with Gasteiger partial charge in [0, 0.05) is 13.1 Å². The lowest BCUT2D eigenvalue weighted by Gasteiger charge is -2.33. The Morgan fingerprint density at radius 2 is 1.96 bits per heavy atom. The Hall–Kier alpha value is -2.57. The normalized spacial score (nSPS) is 15.8. The lowest BCUT2D eigenvalue weighted by atomic mass is 9.81. The zero-order valence-electron chi connectivity index (χ0n) is 15.2. The molecule has 136 valence electrons. The molecule has 1 saturated heterocycles. The summed E-state index contributed by atoms with van der Waals surface area (Å²) in [5.41, 5.74) is 2.01. The van der Waals surface area contributed by atoms with E-state index in [1.807, 2.05) is 31.2 Å². The fourth-order valence-corrected chi connectivity index (χ4v) is 2.82. The molecule has 7 heteroatoms. The van der Waals surface area contributed by atoms with Gasteiger partial charge < -0.3 is 16.0 Å². The second kappa shape index (κ2) is 7.55. The van der Waals surface area contributed by atoms with Crippen molar-refractivity contribution in [1.82, 2.24) is 20.9 Å². The highest BCUT2D eigenvalue weighted by atomic mass is 16.2. The molecule has 0 saturated carbocycles. The van der Waals surface area contributed by atoms with Crippen molar-refractivity contribution in [3.8, 4) is 0 Å². The van der Waals surface area contributed by atoms with Crippen molar-refractivity contribution < 1.29 is 14.4 Å². The van der Waals surface area contributed by atoms with Crippen LogP contribution < -0.4 is 16.0 Å². The van der Waals surface area contributed by atoms with Gasteiger partial charge in [-0.2, -0.15) is 0 Å². The number of carbonyl (C=O) groups is 3. The second-order valence-electron chi connectivity index (χ2n) is 7.26. The lowest BCUT2D eigenvalue weighted by Crippen LogP contribution is -2.45. The summed E-state index contributed by atoms with van der Waals surface area (Å²) in [6.45, 7) is 8.60. The van der Waals surface area contributed by atoms with Crippen LogP contribution in [0.15, 0.2) is 24.3 Å². The summed E-state index contributed by atoms with van der Waals surface area (Å²) in [5, 5.41) is 8.17. The zero-order chi connectivity index (χ0) is 18.6. The van der Waals surface area contributed by atoms with E-state index < -0.39 is 6.03 Å². The fraction of sp³-hybridized carbons (Fsp3) is 0.500. The topological polar surface area (TPSA) is 90.5 Å². The van der Waals surface area contributed by atoms with Gasteiger partial charge >= 0.3 is 12.1 Å². The molecule has 25 heavy (non-hydrogen) atoms. The summed E-state index contributed by atoms with van der Waals surface area (Å²) in [6, 6.07) is 7.05. The summed E-state index contributed by atoms with van der Waals surface area (Å²) in [6.07, 6.45) is 0. The number of aryl methyl sites for hydroxylation is 1. The molecule has 1 aromatic carbocycles. The highest BCUT2D eigenvalue weighted by Gasteiger charge is 2.30. The third kappa shape index (κ3) is 4.71. The van der Waals surface area contributed by atoms with Crippen molar-refractivity contribution >= 4 is 18.0 Å². The van der Waals surface area contributed by atoms with Gasteiger partial charge in [-0.05, 0) is 23.5 Å². The van der Waals surface area contributed by atoms with Crippen LogP contribution in [0.4, 0.5) is 9.59 Å². The fourth-order valence-electron chi connectivity index (χ4n) is 2.82. The molecule has 1 heterocycles. The molecule has 0 aliphatic carbocycles. The van der Waals surface area contributed by atoms with Crippen LogP contribution in [-0.4, -0.2) is 42.5 Å². The van der Waals surface area contributed by atoms with Gasteiger partial charge in [0.2, 0.25) is 5.91 Å². The Kier molecular flexibility index (Phi) is 5.66. The van der Waals surface area contributed by atoms with Crippen LogP contribution in [-0.2, 0) is 4.79 Å². The third-order valence-electron chi connectivity index (χ3n) is 4.20. The summed E-state index contributed by atoms with van der Waals surface area (Å²) in [5.74, 6) is -0.278. The number of amides is 5. The molecule has 7 nitrogen and oxygen atoms in total. The van der Waals surface area contributed by atoms with E-state index in [9.17, 15) is 14.4 Å². The molecule has 5 amide bonds. The third-order valence-corrected chi connectivity index (χ3v) is 4.20. The molecule has 0 unspecified atom stereocenters. The summed E-state index contributed by atoms with van der Waals surface area (Å²) in [4.78, 5) is 36.4. The van der Waals surface area contributed by atoms with Gasteiger partial charge in [0.25, 0.3) is 0 Å². The molecule has 1 aliphatic rings. The number of benzene rings is 1. The first-order chi connectivity index (χ1) is 11.7. The largest absolute Gasteiger partial charge is 0.336 e. The Labute approximate surface area is 148 Å². The van der Waals surface area contributed by atoms with Gasteiger partial charge in [0.1, 0.15) is 0 Å². The molecule has 0 bridgehead atoms. The molecule has 0 aromatic heterocycles. The molecule has 1 fully saturated rings. The van der Waals surface area contributed by atoms with E-state index in [-0.39, 0.29) is 43.0 Å². The SMILES string of the molecule is Cc1ccccc1[C@H](NC(=O)NCCN1C(=O)CNC1=O)C(C)(C)C. The molecule has 1 aliphatic heterocycles. The number of urea groups is 2. The maximum Gasteiger partial charge on any atom is 0.324 e. The van der Waals surface area contributed by atoms with Crippen molar-refractivity contribution in [2.75, 3.05) is 19.6 Å². The first kappa shape index (κ1) is 18.8. The minimum absolute atomic E-state index is 0.0183. The van der Waals surface area contributed by atoms with Crippen LogP contribution in [0.25, 0.3) is 0 Å². The van der Waals surface area contributed by atoms with Crippen LogP contribution in [0.5, 0.6) is 0 Å². The van der Waals surface area contributed by atoms with Crippen molar-refractivity contribution in [3.63, 3.8) is 0 Å². The quantitative estimate of drug-likeness (QED) is 0.712. The van der Waals surface area contributed by atoms with Crippen LogP contribution in [0.2, 0.25) is 0 Å². The van der Waals surface area contributed by atoms with Gasteiger partial charge in [-0.15, -0.1) is 0 Å². The molecule has 3 N–H and O–H groups in total. The molecule has 2 rings (SSSR count). The number of imide groups is 1. The van der Waals surface area contributed by atoms with E-state index in [1.165, 1.54) is 0 Å². The van der Waals surface area contributed by atoms with Gasteiger partial charge in [0.15, 0.2) is 0 Å². The number of nitrogens with one attached hydrogen (secondary N) is 3. The molecule has 0 radical (unpaired) electrons. The van der Waals surface area contributed by atoms with E-state index in [0.29, 0.717) is 0 Å². The average molecular weight is 346 g/mol. The van der Waals surface area contributed by atoms with E-state index in [4.69, 9.17) is 0 Å². The van der Waals surface area contributed by atoms with Gasteiger partial charge in [-0.3, -0.25) is 9.69 Å². The Bertz CT molecular complexity index is 651. The van der Waals surface area contributed by atoms with Crippen LogP contribution in [0.1, 0.15) is 37.9 Å². The molecule has 1 atom stereocenters. The van der Waals surface area contributed by atoms with E-state index >= 15 is 0 Å². The highest BCUT2D eigenvalue weighted by Crippen LogP contribution is 2.34. The molecular formula is C18H26N4O3. The Morgan fingerprint density at radius 3 is 2.52 bits per heavy atom. The first-order valence-corrected chi connectivity index (χ1v) is 8.38. The smallest absolute Gasteiger partial charge is 0.324 e. The number of hydrogen-bond acceptors (Lipinski definition) is 3. The maximum absolute atomic E-state index is 12.3. The molecule has 0 spiro atoms. The first-order valence-electron chi connectivity index (χ1n) is 8.38. The van der Waals surface area contributed by atoms with E-state index in [2.05, 4.69) is 36.7 Å². The summed E-state index contributed by atoms with van der Waals surface area (Å²) >= 11 is 0. The predicted molar refractivity (Wildman–Crippen MR) is 95.0 cm³/mol. The maximum atomic E-state index is 12.3. The number of carbonyl (C=O) groups excluding carboxylic acids is 3. The second-order valence-corrected chi connectivity index (χ2v) is 7.26. The van der Waals surface area contributed by atoms with Crippen molar-refractivity contribution in [2.24, 2.45) is 5.41 Å². The van der Waals surface area contributed by atoms with E-state index in [1.54, 1.807) is 0 Å². The van der Waals surface area contributed by atoms with Crippen molar-refractivity contribution in [1.29, 1.82) is 0 Å². The van der Waals surface area contributed by atoms with Gasteiger partial charge in [-0.1, -0.05) is 45.0 Å². The Morgan fingerprint density at radius 1 is 1.28 bits per heavy atom. The zero-order valence-corrected chi connectivity index (χ0v) is 15.2. The molecule has 1 aromatic rings. The minimum Gasteiger partial charge on any atom is -0.336 e. The summed E-state index contributed by atoms with van der Waals surface area (Å²) < 4.78 is 0. The van der Waals surface area contributed by atoms with Gasteiger partial charge in [-0.25, -0.2) is 9.59 Å². The lowest BCUT2D eigenvalue weighted by molar-refractivity contribution is -0.124.